The first-order chi connectivity index (χ1) is 9.28. The molecule has 0 amide bonds. The molecule has 0 saturated carbocycles. The van der Waals surface area contributed by atoms with Crippen molar-refractivity contribution in [2.75, 3.05) is 46.4 Å². The Kier molecular flexibility index (Phi) is 5.83. The second kappa shape index (κ2) is 7.63. The minimum absolute atomic E-state index is 0.283. The van der Waals surface area contributed by atoms with Gasteiger partial charge in [-0.2, -0.15) is 0 Å². The van der Waals surface area contributed by atoms with Crippen molar-refractivity contribution < 1.29 is 5.11 Å². The molecule has 1 N–H and O–H groups in total. The Balaban J connectivity index is 1.73. The van der Waals surface area contributed by atoms with Gasteiger partial charge in [-0.25, -0.2) is 0 Å². The lowest BCUT2D eigenvalue weighted by Gasteiger charge is -2.32. The normalized spacial score (nSPS) is 17.8. The van der Waals surface area contributed by atoms with E-state index >= 15 is 0 Å². The maximum atomic E-state index is 8.82. The first-order valence-corrected chi connectivity index (χ1v) is 7.37. The minimum atomic E-state index is 0.283. The van der Waals surface area contributed by atoms with Crippen molar-refractivity contribution in [3.63, 3.8) is 0 Å². The predicted molar refractivity (Wildman–Crippen MR) is 79.5 cm³/mol. The van der Waals surface area contributed by atoms with E-state index < -0.39 is 0 Å². The number of likely N-dealkylation sites (N-methyl/N-ethyl adjacent to an activating group) is 1. The molecule has 0 radical (unpaired) electrons. The van der Waals surface area contributed by atoms with Crippen LogP contribution in [0.4, 0.5) is 0 Å². The van der Waals surface area contributed by atoms with Gasteiger partial charge in [-0.1, -0.05) is 24.3 Å². The van der Waals surface area contributed by atoms with Crippen molar-refractivity contribution >= 4 is 0 Å². The zero-order valence-corrected chi connectivity index (χ0v) is 12.0. The third-order valence-corrected chi connectivity index (χ3v) is 3.96. The zero-order chi connectivity index (χ0) is 13.5. The van der Waals surface area contributed by atoms with Gasteiger partial charge in [0.15, 0.2) is 0 Å². The summed E-state index contributed by atoms with van der Waals surface area (Å²) in [5, 5.41) is 8.82. The molecule has 1 aromatic carbocycles. The van der Waals surface area contributed by atoms with Crippen molar-refractivity contribution in [3.05, 3.63) is 35.4 Å². The zero-order valence-electron chi connectivity index (χ0n) is 12.0. The quantitative estimate of drug-likeness (QED) is 0.839. The largest absolute Gasteiger partial charge is 0.396 e. The van der Waals surface area contributed by atoms with E-state index in [-0.39, 0.29) is 6.61 Å². The fourth-order valence-corrected chi connectivity index (χ4v) is 2.51. The van der Waals surface area contributed by atoms with Crippen molar-refractivity contribution in [2.45, 2.75) is 19.3 Å². The molecule has 3 nitrogen and oxygen atoms in total. The van der Waals surface area contributed by atoms with E-state index in [0.717, 1.165) is 19.3 Å². The molecule has 1 aromatic rings. The number of aliphatic hydroxyl groups is 1. The highest BCUT2D eigenvalue weighted by Crippen LogP contribution is 2.09. The maximum absolute atomic E-state index is 8.82. The van der Waals surface area contributed by atoms with Gasteiger partial charge in [-0.05, 0) is 37.4 Å². The van der Waals surface area contributed by atoms with E-state index in [1.54, 1.807) is 0 Å². The average molecular weight is 262 g/mol. The summed E-state index contributed by atoms with van der Waals surface area (Å²) in [6.45, 7) is 6.24. The number of hydrogen-bond acceptors (Lipinski definition) is 3. The highest BCUT2D eigenvalue weighted by molar-refractivity contribution is 5.22. The summed E-state index contributed by atoms with van der Waals surface area (Å²) in [6.07, 6.45) is 2.99. The van der Waals surface area contributed by atoms with Crippen LogP contribution < -0.4 is 0 Å². The maximum Gasteiger partial charge on any atom is 0.0434 e. The molecular formula is C16H26N2O. The third kappa shape index (κ3) is 4.94. The van der Waals surface area contributed by atoms with E-state index in [2.05, 4.69) is 41.1 Å². The van der Waals surface area contributed by atoms with Crippen LogP contribution in [0.5, 0.6) is 0 Å². The molecule has 0 aliphatic carbocycles. The number of rotatable bonds is 6. The molecule has 1 saturated heterocycles. The van der Waals surface area contributed by atoms with Crippen LogP contribution in [-0.4, -0.2) is 61.3 Å². The fourth-order valence-electron chi connectivity index (χ4n) is 2.51. The lowest BCUT2D eigenvalue weighted by Crippen LogP contribution is -2.45. The van der Waals surface area contributed by atoms with Crippen LogP contribution in [0.15, 0.2) is 24.3 Å². The van der Waals surface area contributed by atoms with Gasteiger partial charge in [0, 0.05) is 39.3 Å². The number of aryl methyl sites for hydroxylation is 1. The number of benzene rings is 1. The Hall–Kier alpha value is -0.900. The Morgan fingerprint density at radius 3 is 2.11 bits per heavy atom. The molecule has 1 fully saturated rings. The molecule has 3 heteroatoms. The minimum Gasteiger partial charge on any atom is -0.396 e. The standard InChI is InChI=1S/C16H26N2O/c1-17-10-12-18(13-11-17)9-8-16-6-4-15(5-7-16)3-2-14-19/h4-7,19H,2-3,8-14H2,1H3. The number of nitrogens with zero attached hydrogens (tertiary/aromatic N) is 2. The highest BCUT2D eigenvalue weighted by atomic mass is 16.2. The first-order valence-electron chi connectivity index (χ1n) is 7.37. The Morgan fingerprint density at radius 1 is 0.947 bits per heavy atom. The smallest absolute Gasteiger partial charge is 0.0434 e. The van der Waals surface area contributed by atoms with Crippen LogP contribution in [0.1, 0.15) is 17.5 Å². The summed E-state index contributed by atoms with van der Waals surface area (Å²) in [5.41, 5.74) is 2.75. The van der Waals surface area contributed by atoms with Crippen molar-refractivity contribution in [2.24, 2.45) is 0 Å². The molecule has 19 heavy (non-hydrogen) atoms. The van der Waals surface area contributed by atoms with Crippen LogP contribution in [0.25, 0.3) is 0 Å². The number of aliphatic hydroxyl groups excluding tert-OH is 1. The lowest BCUT2D eigenvalue weighted by atomic mass is 10.1. The molecule has 1 aliphatic heterocycles. The summed E-state index contributed by atoms with van der Waals surface area (Å²) in [5.74, 6) is 0. The SMILES string of the molecule is CN1CCN(CCc2ccc(CCCO)cc2)CC1. The summed E-state index contributed by atoms with van der Waals surface area (Å²) < 4.78 is 0. The summed E-state index contributed by atoms with van der Waals surface area (Å²) in [7, 11) is 2.20. The predicted octanol–water partition coefficient (Wildman–Crippen LogP) is 1.40. The highest BCUT2D eigenvalue weighted by Gasteiger charge is 2.12. The molecule has 0 atom stereocenters. The summed E-state index contributed by atoms with van der Waals surface area (Å²) in [4.78, 5) is 4.95. The van der Waals surface area contributed by atoms with Crippen molar-refractivity contribution in [3.8, 4) is 0 Å². The van der Waals surface area contributed by atoms with Crippen molar-refractivity contribution in [1.82, 2.24) is 9.80 Å². The van der Waals surface area contributed by atoms with Gasteiger partial charge < -0.3 is 14.9 Å². The van der Waals surface area contributed by atoms with Gasteiger partial charge in [-0.3, -0.25) is 0 Å². The van der Waals surface area contributed by atoms with Crippen LogP contribution in [0, 0.1) is 0 Å². The Bertz CT molecular complexity index is 356. The van der Waals surface area contributed by atoms with Crippen LogP contribution >= 0.6 is 0 Å². The van der Waals surface area contributed by atoms with Gasteiger partial charge >= 0.3 is 0 Å². The third-order valence-electron chi connectivity index (χ3n) is 3.96. The summed E-state index contributed by atoms with van der Waals surface area (Å²) >= 11 is 0. The fraction of sp³-hybridized carbons (Fsp3) is 0.625. The van der Waals surface area contributed by atoms with E-state index in [1.807, 2.05) is 0 Å². The molecule has 1 heterocycles. The monoisotopic (exact) mass is 262 g/mol. The lowest BCUT2D eigenvalue weighted by molar-refractivity contribution is 0.155. The molecule has 0 aromatic heterocycles. The van der Waals surface area contributed by atoms with E-state index in [1.165, 1.54) is 43.9 Å². The number of hydrogen-bond donors (Lipinski definition) is 1. The van der Waals surface area contributed by atoms with Gasteiger partial charge in [0.1, 0.15) is 0 Å². The van der Waals surface area contributed by atoms with E-state index in [9.17, 15) is 0 Å². The second-order valence-corrected chi connectivity index (χ2v) is 5.54. The van der Waals surface area contributed by atoms with E-state index in [4.69, 9.17) is 5.11 Å². The first kappa shape index (κ1) is 14.5. The Morgan fingerprint density at radius 2 is 1.53 bits per heavy atom. The molecule has 2 rings (SSSR count). The Labute approximate surface area is 116 Å². The van der Waals surface area contributed by atoms with Crippen LogP contribution in [0.3, 0.4) is 0 Å². The topological polar surface area (TPSA) is 26.7 Å². The van der Waals surface area contributed by atoms with Crippen molar-refractivity contribution in [1.29, 1.82) is 0 Å². The molecule has 1 aliphatic rings. The average Bonchev–Trinajstić information content (AvgIpc) is 2.46. The molecule has 0 unspecified atom stereocenters. The molecule has 106 valence electrons. The van der Waals surface area contributed by atoms with Gasteiger partial charge in [0.05, 0.1) is 0 Å². The number of piperazine rings is 1. The van der Waals surface area contributed by atoms with Gasteiger partial charge in [-0.15, -0.1) is 0 Å². The van der Waals surface area contributed by atoms with Gasteiger partial charge in [0.2, 0.25) is 0 Å². The molecule has 0 bridgehead atoms. The van der Waals surface area contributed by atoms with E-state index in [0.29, 0.717) is 0 Å². The molecule has 0 spiro atoms. The van der Waals surface area contributed by atoms with Crippen LogP contribution in [0.2, 0.25) is 0 Å². The molecular weight excluding hydrogens is 236 g/mol. The summed E-state index contributed by atoms with van der Waals surface area (Å²) in [6, 6.07) is 8.88. The van der Waals surface area contributed by atoms with Gasteiger partial charge in [0.25, 0.3) is 0 Å². The van der Waals surface area contributed by atoms with Crippen LogP contribution in [-0.2, 0) is 12.8 Å². The second-order valence-electron chi connectivity index (χ2n) is 5.54.